The minimum atomic E-state index is -0.553. The monoisotopic (exact) mass is 405 g/mol. The molecule has 0 unspecified atom stereocenters. The van der Waals surface area contributed by atoms with Gasteiger partial charge in [0.1, 0.15) is 29.3 Å². The van der Waals surface area contributed by atoms with Gasteiger partial charge in [0.15, 0.2) is 0 Å². The lowest BCUT2D eigenvalue weighted by molar-refractivity contribution is 0.148. The summed E-state index contributed by atoms with van der Waals surface area (Å²) in [6, 6.07) is 4.50. The topological polar surface area (TPSA) is 95.2 Å². The first-order valence-corrected chi connectivity index (χ1v) is 10.1. The summed E-state index contributed by atoms with van der Waals surface area (Å²) < 4.78 is 15.8. The van der Waals surface area contributed by atoms with Gasteiger partial charge >= 0.3 is 0 Å². The molecular weight excluding hydrogens is 385 g/mol. The van der Waals surface area contributed by atoms with E-state index >= 15 is 0 Å². The zero-order valence-electron chi connectivity index (χ0n) is 16.1. The Balaban J connectivity index is 1.42. The number of aliphatic hydroxyl groups is 1. The molecule has 152 valence electrons. The molecule has 5 heterocycles. The number of pyridine rings is 1. The van der Waals surface area contributed by atoms with Crippen LogP contribution in [0.15, 0.2) is 43.1 Å². The molecule has 1 aliphatic carbocycles. The van der Waals surface area contributed by atoms with Gasteiger partial charge in [0, 0.05) is 24.9 Å². The van der Waals surface area contributed by atoms with Gasteiger partial charge in [-0.25, -0.2) is 18.9 Å². The van der Waals surface area contributed by atoms with Gasteiger partial charge in [0.05, 0.1) is 35.8 Å². The summed E-state index contributed by atoms with van der Waals surface area (Å²) >= 11 is 0. The molecule has 4 aromatic heterocycles. The fourth-order valence-corrected chi connectivity index (χ4v) is 4.24. The van der Waals surface area contributed by atoms with E-state index in [0.717, 1.165) is 30.7 Å². The second-order valence-corrected chi connectivity index (χ2v) is 7.95. The van der Waals surface area contributed by atoms with Crippen LogP contribution in [0.4, 0.5) is 10.2 Å². The summed E-state index contributed by atoms with van der Waals surface area (Å²) in [5, 5.41) is 14.9. The highest BCUT2D eigenvalue weighted by Crippen LogP contribution is 2.40. The smallest absolute Gasteiger partial charge is 0.148 e. The van der Waals surface area contributed by atoms with Crippen LogP contribution in [0.25, 0.3) is 5.52 Å². The third kappa shape index (κ3) is 2.77. The number of aromatic nitrogens is 6. The molecule has 1 aliphatic heterocycles. The Labute approximate surface area is 171 Å². The van der Waals surface area contributed by atoms with Gasteiger partial charge in [0.25, 0.3) is 0 Å². The van der Waals surface area contributed by atoms with Crippen molar-refractivity contribution < 1.29 is 9.50 Å². The molecule has 1 saturated carbocycles. The average molecular weight is 405 g/mol. The van der Waals surface area contributed by atoms with Crippen LogP contribution >= 0.6 is 0 Å². The van der Waals surface area contributed by atoms with Crippen LogP contribution in [0.1, 0.15) is 47.8 Å². The minimum absolute atomic E-state index is 0.298. The Morgan fingerprint density at radius 2 is 2.10 bits per heavy atom. The zero-order valence-corrected chi connectivity index (χ0v) is 16.1. The molecule has 4 aromatic rings. The number of anilines is 1. The Morgan fingerprint density at radius 1 is 1.20 bits per heavy atom. The maximum Gasteiger partial charge on any atom is 0.148 e. The molecule has 2 aliphatic rings. The molecule has 0 bridgehead atoms. The molecular formula is C21H20FN7O. The molecule has 30 heavy (non-hydrogen) atoms. The molecule has 0 saturated heterocycles. The maximum absolute atomic E-state index is 14.3. The molecule has 8 nitrogen and oxygen atoms in total. The summed E-state index contributed by atoms with van der Waals surface area (Å²) in [5.41, 5.74) is 3.61. The Bertz CT molecular complexity index is 1210. The second kappa shape index (κ2) is 6.60. The van der Waals surface area contributed by atoms with Crippen LogP contribution in [0, 0.1) is 11.7 Å². The standard InChI is InChI=1S/C21H20FN7O/c22-13-2-1-6-29-17(13)8-15(27-29)20-19-14(25-11-26-19)5-7-28(20)18-10-23-16(9-24-18)21(30)12-3-4-12/h1-2,6,8-12,20-21,30H,3-5,7H2,(H,25,26)/t20-,21+/m1/s1. The van der Waals surface area contributed by atoms with Crippen molar-refractivity contribution in [1.29, 1.82) is 0 Å². The highest BCUT2D eigenvalue weighted by atomic mass is 19.1. The Kier molecular flexibility index (Phi) is 3.85. The highest BCUT2D eigenvalue weighted by Gasteiger charge is 2.35. The van der Waals surface area contributed by atoms with Gasteiger partial charge in [-0.3, -0.25) is 4.98 Å². The molecule has 6 rings (SSSR count). The first-order chi connectivity index (χ1) is 14.7. The van der Waals surface area contributed by atoms with Crippen LogP contribution in [-0.4, -0.2) is 41.2 Å². The number of fused-ring (bicyclic) bond motifs is 2. The summed E-state index contributed by atoms with van der Waals surface area (Å²) in [5.74, 6) is 0.657. The van der Waals surface area contributed by atoms with Crippen LogP contribution in [-0.2, 0) is 6.42 Å². The number of imidazole rings is 1. The molecule has 2 N–H and O–H groups in total. The van der Waals surface area contributed by atoms with Crippen molar-refractivity contribution in [3.63, 3.8) is 0 Å². The lowest BCUT2D eigenvalue weighted by atomic mass is 10.00. The number of halogens is 1. The van der Waals surface area contributed by atoms with E-state index in [4.69, 9.17) is 0 Å². The van der Waals surface area contributed by atoms with Crippen molar-refractivity contribution >= 4 is 11.3 Å². The first kappa shape index (κ1) is 17.5. The fourth-order valence-electron chi connectivity index (χ4n) is 4.24. The zero-order chi connectivity index (χ0) is 20.2. The van der Waals surface area contributed by atoms with E-state index in [1.807, 2.05) is 0 Å². The molecule has 0 radical (unpaired) electrons. The average Bonchev–Trinajstić information content (AvgIpc) is 3.34. The van der Waals surface area contributed by atoms with E-state index in [1.54, 1.807) is 41.6 Å². The van der Waals surface area contributed by atoms with Gasteiger partial charge < -0.3 is 15.0 Å². The number of H-pyrrole nitrogens is 1. The molecule has 2 atom stereocenters. The molecule has 9 heteroatoms. The number of nitrogens with one attached hydrogen (secondary N) is 1. The summed E-state index contributed by atoms with van der Waals surface area (Å²) in [6.45, 7) is 0.690. The predicted octanol–water partition coefficient (Wildman–Crippen LogP) is 2.58. The summed E-state index contributed by atoms with van der Waals surface area (Å²) in [4.78, 5) is 18.9. The Morgan fingerprint density at radius 3 is 2.87 bits per heavy atom. The van der Waals surface area contributed by atoms with Crippen LogP contribution in [0.3, 0.4) is 0 Å². The number of rotatable bonds is 4. The van der Waals surface area contributed by atoms with Crippen LogP contribution in [0.5, 0.6) is 0 Å². The number of hydrogen-bond donors (Lipinski definition) is 2. The third-order valence-corrected chi connectivity index (χ3v) is 6.00. The van der Waals surface area contributed by atoms with Crippen molar-refractivity contribution in [3.05, 3.63) is 71.7 Å². The number of nitrogens with zero attached hydrogens (tertiary/aromatic N) is 6. The second-order valence-electron chi connectivity index (χ2n) is 7.95. The van der Waals surface area contributed by atoms with Crippen molar-refractivity contribution in [3.8, 4) is 0 Å². The third-order valence-electron chi connectivity index (χ3n) is 6.00. The van der Waals surface area contributed by atoms with Gasteiger partial charge in [0.2, 0.25) is 0 Å². The molecule has 1 fully saturated rings. The van der Waals surface area contributed by atoms with Gasteiger partial charge in [-0.2, -0.15) is 5.10 Å². The molecule has 0 spiro atoms. The lowest BCUT2D eigenvalue weighted by Gasteiger charge is -2.34. The first-order valence-electron chi connectivity index (χ1n) is 10.1. The van der Waals surface area contributed by atoms with E-state index in [2.05, 4.69) is 29.9 Å². The van der Waals surface area contributed by atoms with Crippen LogP contribution in [0.2, 0.25) is 0 Å². The summed E-state index contributed by atoms with van der Waals surface area (Å²) in [7, 11) is 0. The lowest BCUT2D eigenvalue weighted by Crippen LogP contribution is -2.37. The fraction of sp³-hybridized carbons (Fsp3) is 0.333. The van der Waals surface area contributed by atoms with E-state index < -0.39 is 6.10 Å². The predicted molar refractivity (Wildman–Crippen MR) is 106 cm³/mol. The highest BCUT2D eigenvalue weighted by molar-refractivity contribution is 5.54. The largest absolute Gasteiger partial charge is 0.386 e. The Hall–Kier alpha value is -3.33. The van der Waals surface area contributed by atoms with Gasteiger partial charge in [-0.05, 0) is 37.0 Å². The van der Waals surface area contributed by atoms with Crippen molar-refractivity contribution in [2.45, 2.75) is 31.4 Å². The number of aromatic amines is 1. The van der Waals surface area contributed by atoms with E-state index in [1.165, 1.54) is 6.07 Å². The van der Waals surface area contributed by atoms with Gasteiger partial charge in [-0.1, -0.05) is 0 Å². The summed E-state index contributed by atoms with van der Waals surface area (Å²) in [6.07, 6.45) is 9.05. The molecule has 0 amide bonds. The van der Waals surface area contributed by atoms with Crippen LogP contribution < -0.4 is 4.90 Å². The van der Waals surface area contributed by atoms with E-state index in [-0.39, 0.29) is 11.9 Å². The number of aliphatic hydroxyl groups excluding tert-OH is 1. The SMILES string of the molecule is O[C@H](c1cnc(N2CCc3[nH]cnc3[C@H]2c2cc3c(F)cccn3n2)cn1)C1CC1. The maximum atomic E-state index is 14.3. The quantitative estimate of drug-likeness (QED) is 0.542. The normalized spacial score (nSPS) is 19.8. The number of hydrogen-bond acceptors (Lipinski definition) is 6. The minimum Gasteiger partial charge on any atom is -0.386 e. The van der Waals surface area contributed by atoms with Crippen molar-refractivity contribution in [1.82, 2.24) is 29.5 Å². The molecule has 0 aromatic carbocycles. The van der Waals surface area contributed by atoms with E-state index in [0.29, 0.717) is 35.2 Å². The van der Waals surface area contributed by atoms with Crippen molar-refractivity contribution in [2.24, 2.45) is 5.92 Å². The van der Waals surface area contributed by atoms with E-state index in [9.17, 15) is 9.50 Å². The van der Waals surface area contributed by atoms with Gasteiger partial charge in [-0.15, -0.1) is 0 Å². The van der Waals surface area contributed by atoms with Crippen molar-refractivity contribution in [2.75, 3.05) is 11.4 Å².